The first-order valence-electron chi connectivity index (χ1n) is 5.54. The number of hydrogen-bond acceptors (Lipinski definition) is 6. The fourth-order valence-electron chi connectivity index (χ4n) is 1.84. The number of H-pyrrole nitrogens is 1. The molecule has 0 unspecified atom stereocenters. The van der Waals surface area contributed by atoms with Crippen LogP contribution in [-0.2, 0) is 0 Å². The number of nitrogens with one attached hydrogen (secondary N) is 1. The predicted molar refractivity (Wildman–Crippen MR) is 70.2 cm³/mol. The third-order valence-corrected chi connectivity index (χ3v) is 2.79. The number of aromatic hydroxyl groups is 1. The van der Waals surface area contributed by atoms with Crippen molar-refractivity contribution in [3.8, 4) is 29.1 Å². The third kappa shape index (κ3) is 2.29. The van der Waals surface area contributed by atoms with Gasteiger partial charge in [-0.2, -0.15) is 10.5 Å². The lowest BCUT2D eigenvalue weighted by Crippen LogP contribution is -2.13. The number of benzene rings is 1. The zero-order chi connectivity index (χ0) is 15.6. The molecule has 0 spiro atoms. The number of rotatable bonds is 2. The maximum absolute atomic E-state index is 11.7. The molecular formula is C13H6N4O4. The van der Waals surface area contributed by atoms with Gasteiger partial charge in [-0.1, -0.05) is 0 Å². The normalized spacial score (nSPS) is 9.62. The second-order valence-electron chi connectivity index (χ2n) is 3.96. The maximum Gasteiger partial charge on any atom is 0.269 e. The van der Waals surface area contributed by atoms with Gasteiger partial charge in [0.25, 0.3) is 11.2 Å². The topological polar surface area (TPSA) is 144 Å². The number of aromatic amines is 1. The molecule has 1 aromatic heterocycles. The summed E-state index contributed by atoms with van der Waals surface area (Å²) < 4.78 is 0. The van der Waals surface area contributed by atoms with Gasteiger partial charge in [0.05, 0.1) is 4.92 Å². The van der Waals surface area contributed by atoms with Gasteiger partial charge < -0.3 is 5.11 Å². The molecule has 0 saturated carbocycles. The second-order valence-corrected chi connectivity index (χ2v) is 3.96. The van der Waals surface area contributed by atoms with E-state index in [4.69, 9.17) is 10.5 Å². The van der Waals surface area contributed by atoms with E-state index < -0.39 is 16.4 Å². The van der Waals surface area contributed by atoms with E-state index >= 15 is 0 Å². The highest BCUT2D eigenvalue weighted by atomic mass is 16.6. The molecule has 1 aromatic carbocycles. The average Bonchev–Trinajstić information content (AvgIpc) is 2.46. The lowest BCUT2D eigenvalue weighted by Gasteiger charge is -2.07. The molecule has 8 heteroatoms. The van der Waals surface area contributed by atoms with Crippen molar-refractivity contribution < 1.29 is 10.0 Å². The number of nitro groups is 1. The Morgan fingerprint density at radius 3 is 2.19 bits per heavy atom. The summed E-state index contributed by atoms with van der Waals surface area (Å²) in [5, 5.41) is 38.3. The van der Waals surface area contributed by atoms with Crippen LogP contribution in [0.15, 0.2) is 29.1 Å². The second kappa shape index (κ2) is 5.15. The molecule has 0 saturated heterocycles. The van der Waals surface area contributed by atoms with Crippen LogP contribution in [0.25, 0.3) is 11.1 Å². The largest absolute Gasteiger partial charge is 0.494 e. The minimum absolute atomic E-state index is 0.0591. The summed E-state index contributed by atoms with van der Waals surface area (Å²) in [6, 6.07) is 8.31. The Morgan fingerprint density at radius 2 is 1.71 bits per heavy atom. The third-order valence-electron chi connectivity index (χ3n) is 2.79. The lowest BCUT2D eigenvalue weighted by atomic mass is 9.97. The van der Waals surface area contributed by atoms with E-state index in [1.807, 2.05) is 4.98 Å². The Balaban J connectivity index is 2.80. The molecule has 0 fully saturated rings. The molecule has 0 aliphatic carbocycles. The van der Waals surface area contributed by atoms with Crippen LogP contribution in [-0.4, -0.2) is 15.0 Å². The van der Waals surface area contributed by atoms with E-state index in [0.29, 0.717) is 0 Å². The van der Waals surface area contributed by atoms with E-state index in [0.717, 1.165) is 0 Å². The SMILES string of the molecule is N#Cc1c(O)[nH]c(=O)c(C#N)c1-c1ccc([N+](=O)[O-])cc1. The summed E-state index contributed by atoms with van der Waals surface area (Å²) in [5.41, 5.74) is -1.46. The smallest absolute Gasteiger partial charge is 0.269 e. The summed E-state index contributed by atoms with van der Waals surface area (Å²) in [4.78, 5) is 23.7. The number of hydrogen-bond donors (Lipinski definition) is 2. The van der Waals surface area contributed by atoms with Crippen LogP contribution in [0.5, 0.6) is 5.88 Å². The minimum atomic E-state index is -0.845. The van der Waals surface area contributed by atoms with E-state index in [1.54, 1.807) is 12.1 Å². The zero-order valence-corrected chi connectivity index (χ0v) is 10.3. The van der Waals surface area contributed by atoms with Gasteiger partial charge in [-0.25, -0.2) is 0 Å². The molecule has 1 heterocycles. The Kier molecular flexibility index (Phi) is 3.38. The fourth-order valence-corrected chi connectivity index (χ4v) is 1.84. The van der Waals surface area contributed by atoms with Crippen LogP contribution in [0.1, 0.15) is 11.1 Å². The quantitative estimate of drug-likeness (QED) is 0.629. The van der Waals surface area contributed by atoms with Crippen molar-refractivity contribution in [2.75, 3.05) is 0 Å². The van der Waals surface area contributed by atoms with Crippen molar-refractivity contribution in [1.82, 2.24) is 4.98 Å². The standard InChI is InChI=1S/C13H6N4O4/c14-5-9-11(10(6-15)13(19)16-12(9)18)7-1-3-8(4-2-7)17(20)21/h1-4H,(H2,16,18,19). The zero-order valence-electron chi connectivity index (χ0n) is 10.3. The highest BCUT2D eigenvalue weighted by molar-refractivity contribution is 5.78. The van der Waals surface area contributed by atoms with Gasteiger partial charge in [-0.05, 0) is 17.7 Å². The van der Waals surface area contributed by atoms with E-state index in [1.165, 1.54) is 24.3 Å². The molecule has 0 radical (unpaired) electrons. The van der Waals surface area contributed by atoms with Gasteiger partial charge in [0.1, 0.15) is 23.3 Å². The number of pyridine rings is 1. The average molecular weight is 282 g/mol. The molecule has 0 bridgehead atoms. The van der Waals surface area contributed by atoms with E-state index in [2.05, 4.69) is 0 Å². The Morgan fingerprint density at radius 1 is 1.14 bits per heavy atom. The van der Waals surface area contributed by atoms with Gasteiger partial charge in [0, 0.05) is 17.7 Å². The van der Waals surface area contributed by atoms with E-state index in [9.17, 15) is 20.0 Å². The predicted octanol–water partition coefficient (Wildman–Crippen LogP) is 1.40. The highest BCUT2D eigenvalue weighted by Crippen LogP contribution is 2.30. The minimum Gasteiger partial charge on any atom is -0.494 e. The number of aromatic nitrogens is 1. The van der Waals surface area contributed by atoms with Crippen molar-refractivity contribution in [1.29, 1.82) is 10.5 Å². The monoisotopic (exact) mass is 282 g/mol. The fraction of sp³-hybridized carbons (Fsp3) is 0. The number of nitrogens with zero attached hydrogens (tertiary/aromatic N) is 3. The first-order chi connectivity index (χ1) is 9.99. The Bertz CT molecular complexity index is 869. The van der Waals surface area contributed by atoms with Crippen LogP contribution in [0, 0.1) is 32.8 Å². The number of non-ortho nitro benzene ring substituents is 1. The first-order valence-corrected chi connectivity index (χ1v) is 5.54. The van der Waals surface area contributed by atoms with Gasteiger partial charge in [0.2, 0.25) is 5.88 Å². The molecule has 0 aliphatic heterocycles. The maximum atomic E-state index is 11.7. The molecular weight excluding hydrogens is 276 g/mol. The van der Waals surface area contributed by atoms with Crippen molar-refractivity contribution in [3.05, 3.63) is 55.9 Å². The molecule has 102 valence electrons. The molecule has 0 aliphatic rings. The first kappa shape index (κ1) is 13.8. The van der Waals surface area contributed by atoms with E-state index in [-0.39, 0.29) is 27.9 Å². The van der Waals surface area contributed by atoms with Crippen LogP contribution in [0.2, 0.25) is 0 Å². The number of nitriles is 2. The number of nitro benzene ring substituents is 1. The summed E-state index contributed by atoms with van der Waals surface area (Å²) in [6.45, 7) is 0. The van der Waals surface area contributed by atoms with Crippen LogP contribution in [0.4, 0.5) is 5.69 Å². The Hall–Kier alpha value is -3.65. The molecule has 8 nitrogen and oxygen atoms in total. The molecule has 2 aromatic rings. The summed E-state index contributed by atoms with van der Waals surface area (Å²) in [7, 11) is 0. The summed E-state index contributed by atoms with van der Waals surface area (Å²) >= 11 is 0. The molecule has 2 rings (SSSR count). The molecule has 2 N–H and O–H groups in total. The van der Waals surface area contributed by atoms with Gasteiger partial charge in [-0.15, -0.1) is 0 Å². The van der Waals surface area contributed by atoms with Crippen molar-refractivity contribution in [2.45, 2.75) is 0 Å². The van der Waals surface area contributed by atoms with Gasteiger partial charge in [-0.3, -0.25) is 19.9 Å². The summed E-state index contributed by atoms with van der Waals surface area (Å²) in [5.74, 6) is -0.658. The van der Waals surface area contributed by atoms with Crippen molar-refractivity contribution in [3.63, 3.8) is 0 Å². The summed E-state index contributed by atoms with van der Waals surface area (Å²) in [6.07, 6.45) is 0. The molecule has 0 amide bonds. The van der Waals surface area contributed by atoms with Gasteiger partial charge in [0.15, 0.2) is 0 Å². The Labute approximate surface area is 117 Å². The molecule has 0 atom stereocenters. The highest BCUT2D eigenvalue weighted by Gasteiger charge is 2.19. The lowest BCUT2D eigenvalue weighted by molar-refractivity contribution is -0.384. The van der Waals surface area contributed by atoms with Crippen LogP contribution < -0.4 is 5.56 Å². The van der Waals surface area contributed by atoms with Crippen LogP contribution in [0.3, 0.4) is 0 Å². The van der Waals surface area contributed by atoms with Crippen molar-refractivity contribution >= 4 is 5.69 Å². The molecule has 21 heavy (non-hydrogen) atoms. The van der Waals surface area contributed by atoms with Gasteiger partial charge >= 0.3 is 0 Å². The van der Waals surface area contributed by atoms with Crippen LogP contribution >= 0.6 is 0 Å². The van der Waals surface area contributed by atoms with Crippen molar-refractivity contribution in [2.24, 2.45) is 0 Å².